The molecule has 0 aliphatic rings. The highest BCUT2D eigenvalue weighted by molar-refractivity contribution is 5.69. The topological polar surface area (TPSA) is 81.1 Å². The minimum absolute atomic E-state index is 0.231. The lowest BCUT2D eigenvalue weighted by atomic mass is 9.97. The lowest BCUT2D eigenvalue weighted by Gasteiger charge is -2.11. The Kier molecular flexibility index (Phi) is 6.32. The van der Waals surface area contributed by atoms with Crippen LogP contribution in [0, 0.1) is 5.92 Å². The molecule has 1 aromatic heterocycles. The van der Waals surface area contributed by atoms with Crippen LogP contribution in [0.25, 0.3) is 0 Å². The number of aryl methyl sites for hydroxylation is 1. The molecule has 0 saturated heterocycles. The van der Waals surface area contributed by atoms with Crippen molar-refractivity contribution in [3.63, 3.8) is 0 Å². The van der Waals surface area contributed by atoms with Crippen molar-refractivity contribution in [3.8, 4) is 0 Å². The molecule has 1 atom stereocenters. The van der Waals surface area contributed by atoms with E-state index >= 15 is 0 Å². The van der Waals surface area contributed by atoms with Crippen LogP contribution in [-0.4, -0.2) is 27.2 Å². The molecule has 96 valence electrons. The van der Waals surface area contributed by atoms with Gasteiger partial charge >= 0.3 is 5.97 Å². The highest BCUT2D eigenvalue weighted by Crippen LogP contribution is 2.15. The van der Waals surface area contributed by atoms with Crippen molar-refractivity contribution in [2.45, 2.75) is 38.6 Å². The number of unbranched alkanes of at least 4 members (excludes halogenated alkanes) is 1. The minimum Gasteiger partial charge on any atom is -0.481 e. The number of carbonyl (C=O) groups is 1. The molecular weight excluding hydrogens is 218 g/mol. The van der Waals surface area contributed by atoms with Gasteiger partial charge in [-0.25, -0.2) is 4.98 Å². The van der Waals surface area contributed by atoms with Crippen LogP contribution in [0.3, 0.4) is 0 Å². The van der Waals surface area contributed by atoms with Crippen LogP contribution in [-0.2, 0) is 11.3 Å². The predicted molar refractivity (Wildman–Crippen MR) is 65.5 cm³/mol. The Labute approximate surface area is 102 Å². The van der Waals surface area contributed by atoms with Gasteiger partial charge in [0.1, 0.15) is 0 Å². The number of hydrogen-bond donors (Lipinski definition) is 2. The van der Waals surface area contributed by atoms with Crippen LogP contribution in [0.5, 0.6) is 0 Å². The minimum atomic E-state index is -0.687. The molecule has 0 aromatic carbocycles. The van der Waals surface area contributed by atoms with E-state index < -0.39 is 5.97 Å². The molecule has 0 spiro atoms. The molecule has 17 heavy (non-hydrogen) atoms. The number of rotatable bonds is 9. The van der Waals surface area contributed by atoms with Crippen molar-refractivity contribution < 1.29 is 9.90 Å². The summed E-state index contributed by atoms with van der Waals surface area (Å²) in [6.07, 6.45) is 9.51. The third-order valence-electron chi connectivity index (χ3n) is 2.88. The number of aliphatic carboxylic acids is 1. The average molecular weight is 239 g/mol. The molecule has 0 bridgehead atoms. The second-order valence-electron chi connectivity index (χ2n) is 4.26. The SMILES string of the molecule is NCCCCC(CCCn1ccnc1)C(=O)O. The summed E-state index contributed by atoms with van der Waals surface area (Å²) in [6, 6.07) is 0. The zero-order valence-electron chi connectivity index (χ0n) is 10.1. The van der Waals surface area contributed by atoms with Crippen LogP contribution in [0.4, 0.5) is 0 Å². The van der Waals surface area contributed by atoms with Crippen molar-refractivity contribution in [1.82, 2.24) is 9.55 Å². The van der Waals surface area contributed by atoms with E-state index in [1.165, 1.54) is 0 Å². The van der Waals surface area contributed by atoms with Crippen molar-refractivity contribution in [2.75, 3.05) is 6.54 Å². The Hall–Kier alpha value is -1.36. The van der Waals surface area contributed by atoms with E-state index in [1.54, 1.807) is 12.5 Å². The van der Waals surface area contributed by atoms with Crippen molar-refractivity contribution >= 4 is 5.97 Å². The monoisotopic (exact) mass is 239 g/mol. The number of hydrogen-bond acceptors (Lipinski definition) is 3. The van der Waals surface area contributed by atoms with E-state index in [1.807, 2.05) is 10.8 Å². The summed E-state index contributed by atoms with van der Waals surface area (Å²) in [5, 5.41) is 9.08. The van der Waals surface area contributed by atoms with E-state index in [-0.39, 0.29) is 5.92 Å². The standard InChI is InChI=1S/C12H21N3O2/c13-6-2-1-4-11(12(16)17)5-3-8-15-9-7-14-10-15/h7,9-11H,1-6,8,13H2,(H,16,17). The first-order valence-corrected chi connectivity index (χ1v) is 6.12. The molecule has 1 rings (SSSR count). The van der Waals surface area contributed by atoms with E-state index in [4.69, 9.17) is 10.8 Å². The second-order valence-corrected chi connectivity index (χ2v) is 4.26. The number of nitrogens with two attached hydrogens (primary N) is 1. The molecular formula is C12H21N3O2. The molecule has 5 nitrogen and oxygen atoms in total. The number of carboxylic acids is 1. The average Bonchev–Trinajstić information content (AvgIpc) is 2.80. The largest absolute Gasteiger partial charge is 0.481 e. The van der Waals surface area contributed by atoms with Crippen LogP contribution < -0.4 is 5.73 Å². The molecule has 5 heteroatoms. The van der Waals surface area contributed by atoms with Crippen LogP contribution >= 0.6 is 0 Å². The fraction of sp³-hybridized carbons (Fsp3) is 0.667. The van der Waals surface area contributed by atoms with E-state index in [2.05, 4.69) is 4.98 Å². The molecule has 1 unspecified atom stereocenters. The summed E-state index contributed by atoms with van der Waals surface area (Å²) < 4.78 is 1.97. The Morgan fingerprint density at radius 1 is 1.35 bits per heavy atom. The fourth-order valence-electron chi connectivity index (χ4n) is 1.87. The maximum Gasteiger partial charge on any atom is 0.306 e. The highest BCUT2D eigenvalue weighted by Gasteiger charge is 2.16. The Morgan fingerprint density at radius 2 is 2.12 bits per heavy atom. The molecule has 0 saturated carbocycles. The summed E-state index contributed by atoms with van der Waals surface area (Å²) in [6.45, 7) is 1.47. The first-order valence-electron chi connectivity index (χ1n) is 6.12. The fourth-order valence-corrected chi connectivity index (χ4v) is 1.87. The van der Waals surface area contributed by atoms with Gasteiger partial charge in [0.15, 0.2) is 0 Å². The summed E-state index contributed by atoms with van der Waals surface area (Å²) in [7, 11) is 0. The van der Waals surface area contributed by atoms with Gasteiger partial charge in [0.2, 0.25) is 0 Å². The molecule has 1 aromatic rings. The van der Waals surface area contributed by atoms with Crippen LogP contribution in [0.15, 0.2) is 18.7 Å². The Balaban J connectivity index is 2.22. The van der Waals surface area contributed by atoms with Gasteiger partial charge in [-0.3, -0.25) is 4.79 Å². The summed E-state index contributed by atoms with van der Waals surface area (Å²) in [5.74, 6) is -0.919. The molecule has 0 amide bonds. The third-order valence-corrected chi connectivity index (χ3v) is 2.88. The maximum absolute atomic E-state index is 11.0. The van der Waals surface area contributed by atoms with Gasteiger partial charge in [-0.05, 0) is 32.2 Å². The molecule has 3 N–H and O–H groups in total. The maximum atomic E-state index is 11.0. The normalized spacial score (nSPS) is 12.5. The van der Waals surface area contributed by atoms with Crippen molar-refractivity contribution in [3.05, 3.63) is 18.7 Å². The zero-order chi connectivity index (χ0) is 12.5. The molecule has 0 aliphatic heterocycles. The highest BCUT2D eigenvalue weighted by atomic mass is 16.4. The lowest BCUT2D eigenvalue weighted by molar-refractivity contribution is -0.142. The van der Waals surface area contributed by atoms with Crippen molar-refractivity contribution in [2.24, 2.45) is 11.7 Å². The zero-order valence-corrected chi connectivity index (χ0v) is 10.1. The van der Waals surface area contributed by atoms with Crippen LogP contribution in [0.1, 0.15) is 32.1 Å². The van der Waals surface area contributed by atoms with E-state index in [0.717, 1.165) is 38.6 Å². The van der Waals surface area contributed by atoms with Gasteiger partial charge in [-0.2, -0.15) is 0 Å². The second kappa shape index (κ2) is 7.84. The molecule has 0 fully saturated rings. The van der Waals surface area contributed by atoms with Gasteiger partial charge in [-0.1, -0.05) is 6.42 Å². The van der Waals surface area contributed by atoms with Crippen molar-refractivity contribution in [1.29, 1.82) is 0 Å². The molecule has 1 heterocycles. The Morgan fingerprint density at radius 3 is 2.71 bits per heavy atom. The number of nitrogens with zero attached hydrogens (tertiary/aromatic N) is 2. The summed E-state index contributed by atoms with van der Waals surface area (Å²) >= 11 is 0. The number of imidazole rings is 1. The first-order chi connectivity index (χ1) is 8.24. The van der Waals surface area contributed by atoms with Gasteiger partial charge in [0.05, 0.1) is 12.2 Å². The summed E-state index contributed by atoms with van der Waals surface area (Å²) in [5.41, 5.74) is 5.40. The predicted octanol–water partition coefficient (Wildman–Crippen LogP) is 1.49. The smallest absolute Gasteiger partial charge is 0.306 e. The number of carboxylic acid groups (broad SMARTS) is 1. The summed E-state index contributed by atoms with van der Waals surface area (Å²) in [4.78, 5) is 15.0. The molecule has 0 aliphatic carbocycles. The molecule has 0 radical (unpaired) electrons. The number of aromatic nitrogens is 2. The van der Waals surface area contributed by atoms with Gasteiger partial charge < -0.3 is 15.4 Å². The Bertz CT molecular complexity index is 312. The van der Waals surface area contributed by atoms with Crippen LogP contribution in [0.2, 0.25) is 0 Å². The third kappa shape index (κ3) is 5.49. The quantitative estimate of drug-likeness (QED) is 0.640. The first kappa shape index (κ1) is 13.7. The lowest BCUT2D eigenvalue weighted by Crippen LogP contribution is -2.15. The van der Waals surface area contributed by atoms with Gasteiger partial charge in [0.25, 0.3) is 0 Å². The van der Waals surface area contributed by atoms with E-state index in [0.29, 0.717) is 6.54 Å². The van der Waals surface area contributed by atoms with E-state index in [9.17, 15) is 4.79 Å². The van der Waals surface area contributed by atoms with Gasteiger partial charge in [0, 0.05) is 18.9 Å². The van der Waals surface area contributed by atoms with Gasteiger partial charge in [-0.15, -0.1) is 0 Å².